The molecule has 0 atom stereocenters. The van der Waals surface area contributed by atoms with Crippen molar-refractivity contribution in [1.82, 2.24) is 21.0 Å². The third-order valence-corrected chi connectivity index (χ3v) is 3.54. The summed E-state index contributed by atoms with van der Waals surface area (Å²) >= 11 is 0. The summed E-state index contributed by atoms with van der Waals surface area (Å²) in [6, 6.07) is 10.7. The van der Waals surface area contributed by atoms with Crippen molar-refractivity contribution < 1.29 is 14.5 Å². The Balaban J connectivity index is 1.73. The van der Waals surface area contributed by atoms with Gasteiger partial charge in [-0.05, 0) is 25.1 Å². The lowest BCUT2D eigenvalue weighted by Gasteiger charge is -2.06. The van der Waals surface area contributed by atoms with Crippen LogP contribution in [0.15, 0.2) is 42.5 Å². The number of aromatic nitrogens is 2. The number of aryl methyl sites for hydroxylation is 1. The van der Waals surface area contributed by atoms with Gasteiger partial charge < -0.3 is 0 Å². The van der Waals surface area contributed by atoms with Gasteiger partial charge in [-0.15, -0.1) is 0 Å². The first-order valence-corrected chi connectivity index (χ1v) is 7.25. The number of H-pyrrole nitrogens is 1. The molecule has 0 fully saturated rings. The van der Waals surface area contributed by atoms with Gasteiger partial charge in [0.05, 0.1) is 10.4 Å². The number of nitrogens with zero attached hydrogens (tertiary/aromatic N) is 2. The smallest absolute Gasteiger partial charge is 0.277 e. The van der Waals surface area contributed by atoms with E-state index in [9.17, 15) is 19.7 Å². The molecule has 0 saturated carbocycles. The molecule has 1 heterocycles. The van der Waals surface area contributed by atoms with Gasteiger partial charge in [0.25, 0.3) is 17.5 Å². The fourth-order valence-electron chi connectivity index (χ4n) is 2.31. The summed E-state index contributed by atoms with van der Waals surface area (Å²) in [5.74, 6) is -1.27. The Hall–Kier alpha value is -3.75. The Kier molecular flexibility index (Phi) is 4.12. The molecule has 9 heteroatoms. The molecule has 0 bridgehead atoms. The number of carbonyl (C=O) groups excluding carboxylic acids is 2. The number of hydrogen-bond acceptors (Lipinski definition) is 5. The van der Waals surface area contributed by atoms with E-state index in [4.69, 9.17) is 0 Å². The largest absolute Gasteiger partial charge is 0.290 e. The van der Waals surface area contributed by atoms with Crippen molar-refractivity contribution in [3.63, 3.8) is 0 Å². The quantitative estimate of drug-likeness (QED) is 0.495. The predicted molar refractivity (Wildman–Crippen MR) is 88.9 cm³/mol. The van der Waals surface area contributed by atoms with Crippen LogP contribution in [0, 0.1) is 17.0 Å². The number of aromatic amines is 1. The van der Waals surface area contributed by atoms with Crippen molar-refractivity contribution in [1.29, 1.82) is 0 Å². The highest BCUT2D eigenvalue weighted by atomic mass is 16.6. The Morgan fingerprint density at radius 1 is 1.12 bits per heavy atom. The topological polar surface area (TPSA) is 130 Å². The van der Waals surface area contributed by atoms with Gasteiger partial charge in [-0.3, -0.25) is 35.7 Å². The SMILES string of the molecule is Cc1ccc2[nH]nc(C(=O)NNC(=O)c3cccc([N+](=O)[O-])c3)c2c1. The number of fused-ring (bicyclic) bond motifs is 1. The second kappa shape index (κ2) is 6.40. The number of rotatable bonds is 3. The van der Waals surface area contributed by atoms with Gasteiger partial charge in [0, 0.05) is 23.1 Å². The molecular weight excluding hydrogens is 326 g/mol. The van der Waals surface area contributed by atoms with E-state index in [0.29, 0.717) is 10.9 Å². The lowest BCUT2D eigenvalue weighted by molar-refractivity contribution is -0.384. The number of amides is 2. The summed E-state index contributed by atoms with van der Waals surface area (Å²) in [6.45, 7) is 1.89. The summed E-state index contributed by atoms with van der Waals surface area (Å²) in [7, 11) is 0. The minimum atomic E-state index is -0.673. The van der Waals surface area contributed by atoms with Crippen molar-refractivity contribution in [2.75, 3.05) is 0 Å². The maximum absolute atomic E-state index is 12.2. The molecule has 3 aromatic rings. The van der Waals surface area contributed by atoms with Crippen LogP contribution in [0.4, 0.5) is 5.69 Å². The van der Waals surface area contributed by atoms with Crippen LogP contribution in [-0.2, 0) is 0 Å². The fraction of sp³-hybridized carbons (Fsp3) is 0.0625. The van der Waals surface area contributed by atoms with Gasteiger partial charge in [-0.2, -0.15) is 5.10 Å². The average molecular weight is 339 g/mol. The minimum Gasteiger partial charge on any atom is -0.277 e. The highest BCUT2D eigenvalue weighted by molar-refractivity contribution is 6.06. The first kappa shape index (κ1) is 16.1. The summed E-state index contributed by atoms with van der Waals surface area (Å²) in [4.78, 5) is 34.4. The number of nitro groups is 1. The number of nitro benzene ring substituents is 1. The fourth-order valence-corrected chi connectivity index (χ4v) is 2.31. The molecule has 3 rings (SSSR count). The number of non-ortho nitro benzene ring substituents is 1. The van der Waals surface area contributed by atoms with Crippen LogP contribution >= 0.6 is 0 Å². The maximum Gasteiger partial charge on any atom is 0.290 e. The standard InChI is InChI=1S/C16H13N5O4/c1-9-5-6-13-12(7-9)14(18-17-13)16(23)20-19-15(22)10-3-2-4-11(8-10)21(24)25/h2-8H,1H3,(H,17,18)(H,19,22)(H,20,23). The van der Waals surface area contributed by atoms with Gasteiger partial charge in [0.15, 0.2) is 5.69 Å². The first-order chi connectivity index (χ1) is 12.0. The zero-order chi connectivity index (χ0) is 18.0. The number of nitrogens with one attached hydrogen (secondary N) is 3. The third-order valence-electron chi connectivity index (χ3n) is 3.54. The Morgan fingerprint density at radius 2 is 1.88 bits per heavy atom. The Morgan fingerprint density at radius 3 is 2.64 bits per heavy atom. The zero-order valence-corrected chi connectivity index (χ0v) is 13.1. The summed E-state index contributed by atoms with van der Waals surface area (Å²) < 4.78 is 0. The highest BCUT2D eigenvalue weighted by Crippen LogP contribution is 2.17. The maximum atomic E-state index is 12.2. The Labute approximate surface area is 141 Å². The summed E-state index contributed by atoms with van der Waals surface area (Å²) in [6.07, 6.45) is 0. The van der Waals surface area contributed by atoms with Gasteiger partial charge in [-0.1, -0.05) is 17.7 Å². The molecule has 0 aliphatic heterocycles. The van der Waals surface area contributed by atoms with E-state index in [-0.39, 0.29) is 16.9 Å². The molecule has 1 aromatic heterocycles. The molecule has 0 unspecified atom stereocenters. The Bertz CT molecular complexity index is 995. The second-order valence-corrected chi connectivity index (χ2v) is 5.34. The van der Waals surface area contributed by atoms with E-state index in [1.165, 1.54) is 18.2 Å². The van der Waals surface area contributed by atoms with Crippen LogP contribution in [0.2, 0.25) is 0 Å². The van der Waals surface area contributed by atoms with Crippen LogP contribution in [0.1, 0.15) is 26.4 Å². The van der Waals surface area contributed by atoms with Crippen LogP contribution in [-0.4, -0.2) is 26.9 Å². The normalized spacial score (nSPS) is 10.4. The second-order valence-electron chi connectivity index (χ2n) is 5.34. The molecule has 0 aliphatic carbocycles. The van der Waals surface area contributed by atoms with E-state index >= 15 is 0 Å². The predicted octanol–water partition coefficient (Wildman–Crippen LogP) is 1.85. The first-order valence-electron chi connectivity index (χ1n) is 7.25. The molecule has 2 amide bonds. The zero-order valence-electron chi connectivity index (χ0n) is 13.1. The molecule has 25 heavy (non-hydrogen) atoms. The molecule has 0 saturated heterocycles. The van der Waals surface area contributed by atoms with Crippen molar-refractivity contribution in [2.45, 2.75) is 6.92 Å². The minimum absolute atomic E-state index is 0.0530. The molecule has 2 aromatic carbocycles. The van der Waals surface area contributed by atoms with Crippen molar-refractivity contribution in [3.8, 4) is 0 Å². The van der Waals surface area contributed by atoms with Crippen LogP contribution < -0.4 is 10.9 Å². The van der Waals surface area contributed by atoms with Crippen LogP contribution in [0.3, 0.4) is 0 Å². The molecule has 9 nitrogen and oxygen atoms in total. The molecular formula is C16H13N5O4. The number of carbonyl (C=O) groups is 2. The third kappa shape index (κ3) is 3.29. The van der Waals surface area contributed by atoms with Crippen molar-refractivity contribution in [2.24, 2.45) is 0 Å². The van der Waals surface area contributed by atoms with Gasteiger partial charge >= 0.3 is 0 Å². The number of benzene rings is 2. The van der Waals surface area contributed by atoms with E-state index in [1.54, 1.807) is 12.1 Å². The monoisotopic (exact) mass is 339 g/mol. The lowest BCUT2D eigenvalue weighted by atomic mass is 10.1. The van der Waals surface area contributed by atoms with E-state index in [0.717, 1.165) is 11.6 Å². The van der Waals surface area contributed by atoms with Crippen molar-refractivity contribution in [3.05, 3.63) is 69.4 Å². The van der Waals surface area contributed by atoms with E-state index in [1.807, 2.05) is 13.0 Å². The number of hydrogen-bond donors (Lipinski definition) is 3. The molecule has 126 valence electrons. The van der Waals surface area contributed by atoms with Crippen LogP contribution in [0.5, 0.6) is 0 Å². The molecule has 3 N–H and O–H groups in total. The van der Waals surface area contributed by atoms with Gasteiger partial charge in [0.1, 0.15) is 0 Å². The summed E-state index contributed by atoms with van der Waals surface area (Å²) in [5, 5.41) is 18.1. The van der Waals surface area contributed by atoms with Crippen molar-refractivity contribution >= 4 is 28.4 Å². The summed E-state index contributed by atoms with van der Waals surface area (Å²) in [5.41, 5.74) is 6.10. The van der Waals surface area contributed by atoms with Crippen LogP contribution in [0.25, 0.3) is 10.9 Å². The molecule has 0 aliphatic rings. The molecule has 0 spiro atoms. The van der Waals surface area contributed by atoms with E-state index in [2.05, 4.69) is 21.0 Å². The molecule has 0 radical (unpaired) electrons. The highest BCUT2D eigenvalue weighted by Gasteiger charge is 2.16. The van der Waals surface area contributed by atoms with E-state index < -0.39 is 16.7 Å². The van der Waals surface area contributed by atoms with Gasteiger partial charge in [-0.25, -0.2) is 0 Å². The number of hydrazine groups is 1. The van der Waals surface area contributed by atoms with Gasteiger partial charge in [0.2, 0.25) is 0 Å². The average Bonchev–Trinajstić information content (AvgIpc) is 3.02. The lowest BCUT2D eigenvalue weighted by Crippen LogP contribution is -2.41.